The first-order chi connectivity index (χ1) is 15.6. The molecule has 9 heteroatoms. The lowest BCUT2D eigenvalue weighted by Crippen LogP contribution is -2.54. The van der Waals surface area contributed by atoms with E-state index in [0.29, 0.717) is 57.9 Å². The first-order valence-corrected chi connectivity index (χ1v) is 12.4. The van der Waals surface area contributed by atoms with Gasteiger partial charge in [0, 0.05) is 43.9 Å². The van der Waals surface area contributed by atoms with E-state index >= 15 is 0 Å². The van der Waals surface area contributed by atoms with Gasteiger partial charge in [0.15, 0.2) is 11.0 Å². The van der Waals surface area contributed by atoms with Crippen LogP contribution in [0.25, 0.3) is 0 Å². The molecule has 0 saturated carbocycles. The summed E-state index contributed by atoms with van der Waals surface area (Å²) < 4.78 is 11.5. The Morgan fingerprint density at radius 2 is 1.66 bits per heavy atom. The topological polar surface area (TPSA) is 79.4 Å². The monoisotopic (exact) mass is 459 g/mol. The molecule has 0 aromatic heterocycles. The van der Waals surface area contributed by atoms with Gasteiger partial charge in [-0.05, 0) is 31.4 Å². The molecule has 0 radical (unpaired) electrons. The summed E-state index contributed by atoms with van der Waals surface area (Å²) >= 11 is 1.31. The summed E-state index contributed by atoms with van der Waals surface area (Å²) in [6.45, 7) is 3.59. The highest BCUT2D eigenvalue weighted by Gasteiger charge is 2.43. The number of hydrogen-bond donors (Lipinski definition) is 0. The van der Waals surface area contributed by atoms with E-state index in [1.165, 1.54) is 16.7 Å². The Morgan fingerprint density at radius 3 is 2.38 bits per heavy atom. The molecule has 4 aliphatic rings. The van der Waals surface area contributed by atoms with Gasteiger partial charge in [0.05, 0.1) is 18.9 Å². The molecule has 0 unspecified atom stereocenters. The van der Waals surface area contributed by atoms with Gasteiger partial charge < -0.3 is 24.2 Å². The molecule has 1 atom stereocenters. The number of carbonyl (C=O) groups excluding carboxylic acids is 3. The van der Waals surface area contributed by atoms with Gasteiger partial charge in [-0.3, -0.25) is 14.4 Å². The third kappa shape index (κ3) is 4.13. The molecule has 3 amide bonds. The summed E-state index contributed by atoms with van der Waals surface area (Å²) in [5.74, 6) is -1.10. The first kappa shape index (κ1) is 21.7. The van der Waals surface area contributed by atoms with E-state index in [1.807, 2.05) is 24.3 Å². The van der Waals surface area contributed by atoms with Crippen LogP contribution in [0.3, 0.4) is 0 Å². The van der Waals surface area contributed by atoms with Gasteiger partial charge in [0.25, 0.3) is 5.91 Å². The normalized spacial score (nSPS) is 25.2. The van der Waals surface area contributed by atoms with Crippen molar-refractivity contribution in [3.05, 3.63) is 24.3 Å². The van der Waals surface area contributed by atoms with Crippen molar-refractivity contribution in [2.24, 2.45) is 0 Å². The number of carbonyl (C=O) groups is 3. The Morgan fingerprint density at radius 1 is 0.969 bits per heavy atom. The van der Waals surface area contributed by atoms with Crippen LogP contribution >= 0.6 is 11.8 Å². The Bertz CT molecular complexity index is 887. The molecule has 3 saturated heterocycles. The van der Waals surface area contributed by atoms with E-state index in [-0.39, 0.29) is 24.3 Å². The second-order valence-electron chi connectivity index (χ2n) is 8.76. The number of amides is 3. The lowest BCUT2D eigenvalue weighted by Gasteiger charge is -2.39. The lowest BCUT2D eigenvalue weighted by molar-refractivity contribution is -0.187. The number of nitrogens with zero attached hydrogens (tertiary/aromatic N) is 3. The van der Waals surface area contributed by atoms with E-state index in [1.54, 1.807) is 9.80 Å². The van der Waals surface area contributed by atoms with Gasteiger partial charge in [-0.15, -0.1) is 11.8 Å². The smallest absolute Gasteiger partial charge is 0.250 e. The van der Waals surface area contributed by atoms with Crippen molar-refractivity contribution in [1.82, 2.24) is 9.80 Å². The molecule has 0 aliphatic carbocycles. The molecule has 172 valence electrons. The molecule has 32 heavy (non-hydrogen) atoms. The van der Waals surface area contributed by atoms with E-state index in [0.717, 1.165) is 24.2 Å². The van der Waals surface area contributed by atoms with Crippen molar-refractivity contribution < 1.29 is 23.9 Å². The maximum Gasteiger partial charge on any atom is 0.250 e. The predicted molar refractivity (Wildman–Crippen MR) is 119 cm³/mol. The van der Waals surface area contributed by atoms with E-state index in [2.05, 4.69) is 0 Å². The predicted octanol–water partition coefficient (Wildman–Crippen LogP) is 1.87. The SMILES string of the molecule is O=C(CN1C(=O)[C@@H](C(=O)N2CCCCC2)Sc2ccccc21)N1CCC2(CC1)OCCO2. The van der Waals surface area contributed by atoms with E-state index in [9.17, 15) is 14.4 Å². The molecule has 0 bridgehead atoms. The fourth-order valence-electron chi connectivity index (χ4n) is 4.93. The highest BCUT2D eigenvalue weighted by Crippen LogP contribution is 2.40. The van der Waals surface area contributed by atoms with Gasteiger partial charge in [-0.25, -0.2) is 0 Å². The van der Waals surface area contributed by atoms with Crippen LogP contribution in [0.2, 0.25) is 0 Å². The van der Waals surface area contributed by atoms with Crippen LogP contribution in [0.15, 0.2) is 29.2 Å². The summed E-state index contributed by atoms with van der Waals surface area (Å²) in [7, 11) is 0. The minimum atomic E-state index is -0.833. The molecule has 4 heterocycles. The molecular formula is C23H29N3O5S. The third-order valence-corrected chi connectivity index (χ3v) is 8.01. The standard InChI is InChI=1S/C23H29N3O5S/c27-19(24-12-8-23(9-13-24)30-14-15-31-23)16-26-17-6-2-3-7-18(17)32-20(22(26)29)21(28)25-10-4-1-5-11-25/h2-3,6-7,20H,1,4-5,8-16H2/t20-/m1/s1. The second kappa shape index (κ2) is 9.03. The van der Waals surface area contributed by atoms with Crippen LogP contribution in [0.4, 0.5) is 5.69 Å². The van der Waals surface area contributed by atoms with Crippen LogP contribution < -0.4 is 4.90 Å². The third-order valence-electron chi connectivity index (χ3n) is 6.77. The van der Waals surface area contributed by atoms with Crippen molar-refractivity contribution in [2.75, 3.05) is 50.8 Å². The largest absolute Gasteiger partial charge is 0.347 e. The Balaban J connectivity index is 1.31. The number of thioether (sulfide) groups is 1. The van der Waals surface area contributed by atoms with Crippen LogP contribution in [0, 0.1) is 0 Å². The van der Waals surface area contributed by atoms with Crippen molar-refractivity contribution >= 4 is 35.2 Å². The zero-order valence-corrected chi connectivity index (χ0v) is 19.0. The molecule has 4 aliphatic heterocycles. The van der Waals surface area contributed by atoms with Crippen LogP contribution in [-0.4, -0.2) is 84.5 Å². The van der Waals surface area contributed by atoms with E-state index in [4.69, 9.17) is 9.47 Å². The summed E-state index contributed by atoms with van der Waals surface area (Å²) in [5.41, 5.74) is 0.703. The summed E-state index contributed by atoms with van der Waals surface area (Å²) in [6.07, 6.45) is 4.33. The number of likely N-dealkylation sites (tertiary alicyclic amines) is 2. The molecule has 3 fully saturated rings. The summed E-state index contributed by atoms with van der Waals surface area (Å²) in [4.78, 5) is 45.7. The van der Waals surface area contributed by atoms with Crippen LogP contribution in [0.1, 0.15) is 32.1 Å². The number of rotatable bonds is 3. The van der Waals surface area contributed by atoms with Gasteiger partial charge in [0.1, 0.15) is 6.54 Å². The van der Waals surface area contributed by atoms with Crippen molar-refractivity contribution in [3.63, 3.8) is 0 Å². The Hall–Kier alpha value is -2.10. The minimum absolute atomic E-state index is 0.0606. The van der Waals surface area contributed by atoms with Crippen LogP contribution in [-0.2, 0) is 23.9 Å². The summed E-state index contributed by atoms with van der Waals surface area (Å²) in [5, 5.41) is -0.833. The minimum Gasteiger partial charge on any atom is -0.347 e. The maximum atomic E-state index is 13.4. The maximum absolute atomic E-state index is 13.4. The molecule has 8 nitrogen and oxygen atoms in total. The van der Waals surface area contributed by atoms with Gasteiger partial charge in [0.2, 0.25) is 11.8 Å². The molecule has 5 rings (SSSR count). The molecular weight excluding hydrogens is 430 g/mol. The first-order valence-electron chi connectivity index (χ1n) is 11.5. The van der Waals surface area contributed by atoms with E-state index < -0.39 is 11.0 Å². The number of ether oxygens (including phenoxy) is 2. The average Bonchev–Trinajstić information content (AvgIpc) is 3.29. The summed E-state index contributed by atoms with van der Waals surface area (Å²) in [6, 6.07) is 7.52. The van der Waals surface area contributed by atoms with Crippen molar-refractivity contribution in [3.8, 4) is 0 Å². The fraction of sp³-hybridized carbons (Fsp3) is 0.609. The van der Waals surface area contributed by atoms with Gasteiger partial charge in [-0.2, -0.15) is 0 Å². The van der Waals surface area contributed by atoms with Crippen molar-refractivity contribution in [1.29, 1.82) is 0 Å². The molecule has 1 aromatic rings. The fourth-order valence-corrected chi connectivity index (χ4v) is 6.12. The molecule has 1 aromatic carbocycles. The average molecular weight is 460 g/mol. The van der Waals surface area contributed by atoms with Gasteiger partial charge >= 0.3 is 0 Å². The van der Waals surface area contributed by atoms with Gasteiger partial charge in [-0.1, -0.05) is 12.1 Å². The second-order valence-corrected chi connectivity index (χ2v) is 9.91. The number of para-hydroxylation sites is 1. The van der Waals surface area contributed by atoms with Crippen molar-refractivity contribution in [2.45, 2.75) is 48.0 Å². The highest BCUT2D eigenvalue weighted by atomic mass is 32.2. The number of piperidine rings is 2. The Labute approximate surface area is 192 Å². The number of hydrogen-bond acceptors (Lipinski definition) is 6. The number of fused-ring (bicyclic) bond motifs is 1. The highest BCUT2D eigenvalue weighted by molar-refractivity contribution is 8.01. The molecule has 1 spiro atoms. The quantitative estimate of drug-likeness (QED) is 0.642. The number of benzene rings is 1. The number of anilines is 1. The Kier molecular flexibility index (Phi) is 6.14. The lowest BCUT2D eigenvalue weighted by atomic mass is 10.0. The zero-order chi connectivity index (χ0) is 22.1. The van der Waals surface area contributed by atoms with Crippen LogP contribution in [0.5, 0.6) is 0 Å². The molecule has 0 N–H and O–H groups in total. The zero-order valence-electron chi connectivity index (χ0n) is 18.2.